The zero-order valence-electron chi connectivity index (χ0n) is 12.3. The van der Waals surface area contributed by atoms with Crippen LogP contribution in [0.15, 0.2) is 0 Å². The van der Waals surface area contributed by atoms with Crippen molar-refractivity contribution in [1.29, 1.82) is 0 Å². The van der Waals surface area contributed by atoms with Crippen molar-refractivity contribution in [1.82, 2.24) is 10.2 Å². The van der Waals surface area contributed by atoms with Crippen molar-refractivity contribution in [2.24, 2.45) is 11.7 Å². The van der Waals surface area contributed by atoms with E-state index in [4.69, 9.17) is 5.73 Å². The van der Waals surface area contributed by atoms with Crippen LogP contribution in [0.4, 0.5) is 0 Å². The fourth-order valence-electron chi connectivity index (χ4n) is 2.74. The van der Waals surface area contributed by atoms with Gasteiger partial charge in [0.2, 0.25) is 5.91 Å². The monoisotopic (exact) mass is 255 g/mol. The molecule has 0 aromatic carbocycles. The number of likely N-dealkylation sites (tertiary alicyclic amines) is 1. The standard InChI is InChI=1S/C14H29N3O/c1-5-13(6-2)16-14(18)11(4)17-8-10(3)7-12(15)9-17/h10-13H,5-9,15H2,1-4H3,(H,16,18). The molecule has 1 aliphatic heterocycles. The van der Waals surface area contributed by atoms with Crippen molar-refractivity contribution >= 4 is 5.91 Å². The summed E-state index contributed by atoms with van der Waals surface area (Å²) in [5, 5.41) is 3.12. The van der Waals surface area contributed by atoms with Gasteiger partial charge in [-0.1, -0.05) is 20.8 Å². The molecule has 4 nitrogen and oxygen atoms in total. The average molecular weight is 255 g/mol. The first-order chi connectivity index (χ1) is 8.47. The molecule has 0 aromatic rings. The van der Waals surface area contributed by atoms with E-state index in [2.05, 4.69) is 31.0 Å². The van der Waals surface area contributed by atoms with Gasteiger partial charge in [-0.2, -0.15) is 0 Å². The first kappa shape index (κ1) is 15.4. The Bertz CT molecular complexity index is 256. The number of nitrogens with zero attached hydrogens (tertiary/aromatic N) is 1. The van der Waals surface area contributed by atoms with E-state index < -0.39 is 0 Å². The van der Waals surface area contributed by atoms with Crippen molar-refractivity contribution in [2.75, 3.05) is 13.1 Å². The Labute approximate surface area is 111 Å². The summed E-state index contributed by atoms with van der Waals surface area (Å²) in [5.41, 5.74) is 6.03. The zero-order valence-corrected chi connectivity index (χ0v) is 12.3. The Morgan fingerprint density at radius 1 is 1.39 bits per heavy atom. The van der Waals surface area contributed by atoms with Crippen LogP contribution in [0.5, 0.6) is 0 Å². The van der Waals surface area contributed by atoms with Gasteiger partial charge in [-0.3, -0.25) is 9.69 Å². The van der Waals surface area contributed by atoms with Crippen LogP contribution >= 0.6 is 0 Å². The minimum Gasteiger partial charge on any atom is -0.352 e. The second-order valence-electron chi connectivity index (χ2n) is 5.75. The summed E-state index contributed by atoms with van der Waals surface area (Å²) in [6.07, 6.45) is 3.05. The second kappa shape index (κ2) is 7.10. The van der Waals surface area contributed by atoms with Crippen LogP contribution in [0.1, 0.15) is 47.0 Å². The lowest BCUT2D eigenvalue weighted by Crippen LogP contribution is -2.55. The van der Waals surface area contributed by atoms with Crippen LogP contribution in [-0.2, 0) is 4.79 Å². The van der Waals surface area contributed by atoms with E-state index in [-0.39, 0.29) is 18.0 Å². The Kier molecular flexibility index (Phi) is 6.09. The maximum Gasteiger partial charge on any atom is 0.237 e. The minimum atomic E-state index is -0.0700. The Balaban J connectivity index is 2.52. The molecule has 0 bridgehead atoms. The zero-order chi connectivity index (χ0) is 13.7. The molecule has 1 saturated heterocycles. The fourth-order valence-corrected chi connectivity index (χ4v) is 2.74. The number of carbonyl (C=O) groups is 1. The van der Waals surface area contributed by atoms with E-state index in [9.17, 15) is 4.79 Å². The lowest BCUT2D eigenvalue weighted by Gasteiger charge is -2.38. The quantitative estimate of drug-likeness (QED) is 0.779. The molecule has 1 fully saturated rings. The molecule has 4 heteroatoms. The average Bonchev–Trinajstić information content (AvgIpc) is 2.33. The summed E-state index contributed by atoms with van der Waals surface area (Å²) in [6, 6.07) is 0.437. The van der Waals surface area contributed by atoms with E-state index >= 15 is 0 Å². The molecule has 3 atom stereocenters. The van der Waals surface area contributed by atoms with E-state index in [1.165, 1.54) is 0 Å². The number of nitrogens with two attached hydrogens (primary N) is 1. The number of amides is 1. The summed E-state index contributed by atoms with van der Waals surface area (Å²) in [7, 11) is 0. The third kappa shape index (κ3) is 4.25. The molecule has 1 aliphatic rings. The summed E-state index contributed by atoms with van der Waals surface area (Å²) in [5.74, 6) is 0.724. The first-order valence-corrected chi connectivity index (χ1v) is 7.27. The summed E-state index contributed by atoms with van der Waals surface area (Å²) < 4.78 is 0. The number of rotatable bonds is 5. The smallest absolute Gasteiger partial charge is 0.237 e. The number of nitrogens with one attached hydrogen (secondary N) is 1. The fraction of sp³-hybridized carbons (Fsp3) is 0.929. The maximum atomic E-state index is 12.2. The number of carbonyl (C=O) groups excluding carboxylic acids is 1. The summed E-state index contributed by atoms with van der Waals surface area (Å²) >= 11 is 0. The van der Waals surface area contributed by atoms with Gasteiger partial charge in [-0.05, 0) is 32.1 Å². The molecule has 0 radical (unpaired) electrons. The molecule has 0 saturated carbocycles. The first-order valence-electron chi connectivity index (χ1n) is 7.27. The molecule has 0 spiro atoms. The SMILES string of the molecule is CCC(CC)NC(=O)C(C)N1CC(C)CC(N)C1. The van der Waals surface area contributed by atoms with Crippen LogP contribution in [0.25, 0.3) is 0 Å². The molecule has 1 heterocycles. The van der Waals surface area contributed by atoms with Gasteiger partial charge in [0.15, 0.2) is 0 Å². The van der Waals surface area contributed by atoms with Crippen LogP contribution in [-0.4, -0.2) is 42.0 Å². The van der Waals surface area contributed by atoms with Crippen molar-refractivity contribution in [3.05, 3.63) is 0 Å². The Hall–Kier alpha value is -0.610. The van der Waals surface area contributed by atoms with Gasteiger partial charge in [0.1, 0.15) is 0 Å². The molecular weight excluding hydrogens is 226 g/mol. The predicted octanol–water partition coefficient (Wildman–Crippen LogP) is 1.35. The van der Waals surface area contributed by atoms with Crippen molar-refractivity contribution in [3.8, 4) is 0 Å². The molecule has 3 N–H and O–H groups in total. The largest absolute Gasteiger partial charge is 0.352 e. The van der Waals surface area contributed by atoms with Gasteiger partial charge in [0, 0.05) is 25.2 Å². The molecule has 106 valence electrons. The van der Waals surface area contributed by atoms with Crippen LogP contribution in [0.3, 0.4) is 0 Å². The van der Waals surface area contributed by atoms with Gasteiger partial charge in [0.05, 0.1) is 6.04 Å². The minimum absolute atomic E-state index is 0.0700. The van der Waals surface area contributed by atoms with Crippen LogP contribution in [0, 0.1) is 5.92 Å². The van der Waals surface area contributed by atoms with Crippen LogP contribution in [0.2, 0.25) is 0 Å². The van der Waals surface area contributed by atoms with E-state index in [0.29, 0.717) is 12.0 Å². The van der Waals surface area contributed by atoms with Crippen molar-refractivity contribution in [2.45, 2.75) is 65.1 Å². The Morgan fingerprint density at radius 2 is 2.00 bits per heavy atom. The van der Waals surface area contributed by atoms with Crippen LogP contribution < -0.4 is 11.1 Å². The summed E-state index contributed by atoms with van der Waals surface area (Å²) in [4.78, 5) is 14.4. The molecule has 18 heavy (non-hydrogen) atoms. The Morgan fingerprint density at radius 3 is 2.50 bits per heavy atom. The van der Waals surface area contributed by atoms with E-state index in [1.807, 2.05) is 6.92 Å². The highest BCUT2D eigenvalue weighted by Crippen LogP contribution is 2.17. The molecule has 1 rings (SSSR count). The van der Waals surface area contributed by atoms with Crippen molar-refractivity contribution < 1.29 is 4.79 Å². The molecule has 0 aliphatic carbocycles. The molecule has 3 unspecified atom stereocenters. The van der Waals surface area contributed by atoms with Gasteiger partial charge in [-0.25, -0.2) is 0 Å². The summed E-state index contributed by atoms with van der Waals surface area (Å²) in [6.45, 7) is 10.2. The maximum absolute atomic E-state index is 12.2. The van der Waals surface area contributed by atoms with Gasteiger partial charge in [-0.15, -0.1) is 0 Å². The molecule has 0 aromatic heterocycles. The molecular formula is C14H29N3O. The highest BCUT2D eigenvalue weighted by atomic mass is 16.2. The number of hydrogen-bond donors (Lipinski definition) is 2. The van der Waals surface area contributed by atoms with Crippen molar-refractivity contribution in [3.63, 3.8) is 0 Å². The predicted molar refractivity (Wildman–Crippen MR) is 75.3 cm³/mol. The van der Waals surface area contributed by atoms with Gasteiger partial charge >= 0.3 is 0 Å². The lowest BCUT2D eigenvalue weighted by atomic mass is 9.95. The van der Waals surface area contributed by atoms with E-state index in [1.54, 1.807) is 0 Å². The number of hydrogen-bond acceptors (Lipinski definition) is 3. The molecule has 1 amide bonds. The third-order valence-corrected chi connectivity index (χ3v) is 3.98. The van der Waals surface area contributed by atoms with E-state index in [0.717, 1.165) is 32.4 Å². The lowest BCUT2D eigenvalue weighted by molar-refractivity contribution is -0.127. The normalized spacial score (nSPS) is 27.2. The third-order valence-electron chi connectivity index (χ3n) is 3.98. The highest BCUT2D eigenvalue weighted by molar-refractivity contribution is 5.81. The topological polar surface area (TPSA) is 58.4 Å². The highest BCUT2D eigenvalue weighted by Gasteiger charge is 2.29. The number of piperidine rings is 1. The van der Waals surface area contributed by atoms with Gasteiger partial charge < -0.3 is 11.1 Å². The van der Waals surface area contributed by atoms with Gasteiger partial charge in [0.25, 0.3) is 0 Å². The second-order valence-corrected chi connectivity index (χ2v) is 5.75.